The zero-order valence-electron chi connectivity index (χ0n) is 12.7. The van der Waals surface area contributed by atoms with Crippen LogP contribution >= 0.6 is 0 Å². The van der Waals surface area contributed by atoms with Gasteiger partial charge < -0.3 is 10.6 Å². The Balaban J connectivity index is 0.000000763. The van der Waals surface area contributed by atoms with Crippen LogP contribution in [0, 0.1) is 6.92 Å². The molecule has 22 heavy (non-hydrogen) atoms. The van der Waals surface area contributed by atoms with Gasteiger partial charge in [0.25, 0.3) is 0 Å². The quantitative estimate of drug-likeness (QED) is 0.650. The fourth-order valence-electron chi connectivity index (χ4n) is 1.59. The van der Waals surface area contributed by atoms with Crippen molar-refractivity contribution in [2.75, 3.05) is 24.2 Å². The average molecular weight is 354 g/mol. The van der Waals surface area contributed by atoms with Crippen molar-refractivity contribution >= 4 is 25.9 Å². The standard InChI is InChI=1S/C12H20N2O2S.H2O4S/c1-4-14(9-12(13)17(3,15)16)11-7-5-6-10(2)8-11;1-5(2,3)4/h5-8,12H,4,9,13H2,1-3H3;(H2,1,2,3,4). The van der Waals surface area contributed by atoms with Crippen LogP contribution in [0.5, 0.6) is 0 Å². The summed E-state index contributed by atoms with van der Waals surface area (Å²) in [5.41, 5.74) is 7.83. The first kappa shape index (κ1) is 20.8. The number of likely N-dealkylation sites (N-methyl/N-ethyl adjacent to an activating group) is 1. The number of benzene rings is 1. The molecule has 1 aromatic rings. The van der Waals surface area contributed by atoms with Gasteiger partial charge in [-0.25, -0.2) is 8.42 Å². The van der Waals surface area contributed by atoms with E-state index in [9.17, 15) is 8.42 Å². The van der Waals surface area contributed by atoms with Crippen LogP contribution in [0.15, 0.2) is 24.3 Å². The second kappa shape index (κ2) is 8.44. The number of rotatable bonds is 5. The molecule has 1 aromatic carbocycles. The van der Waals surface area contributed by atoms with Crippen molar-refractivity contribution in [1.82, 2.24) is 0 Å². The molecule has 10 heteroatoms. The first-order valence-electron chi connectivity index (χ1n) is 6.30. The fourth-order valence-corrected chi connectivity index (χ4v) is 2.05. The smallest absolute Gasteiger partial charge is 0.369 e. The number of hydrogen-bond donors (Lipinski definition) is 3. The lowest BCUT2D eigenvalue weighted by atomic mass is 10.2. The fraction of sp³-hybridized carbons (Fsp3) is 0.500. The van der Waals surface area contributed by atoms with Crippen molar-refractivity contribution in [2.24, 2.45) is 5.73 Å². The van der Waals surface area contributed by atoms with E-state index in [2.05, 4.69) is 0 Å². The van der Waals surface area contributed by atoms with E-state index in [-0.39, 0.29) is 0 Å². The summed E-state index contributed by atoms with van der Waals surface area (Å²) in [7, 11) is -7.86. The summed E-state index contributed by atoms with van der Waals surface area (Å²) in [4.78, 5) is 1.97. The molecule has 0 saturated carbocycles. The molecule has 1 rings (SSSR count). The van der Waals surface area contributed by atoms with E-state index in [1.165, 1.54) is 6.26 Å². The second-order valence-corrected chi connectivity index (χ2v) is 7.85. The van der Waals surface area contributed by atoms with Gasteiger partial charge in [0.15, 0.2) is 9.84 Å². The molecule has 0 saturated heterocycles. The minimum absolute atomic E-state index is 0.318. The molecule has 0 spiro atoms. The zero-order valence-corrected chi connectivity index (χ0v) is 14.3. The highest BCUT2D eigenvalue weighted by molar-refractivity contribution is 7.91. The van der Waals surface area contributed by atoms with E-state index in [1.54, 1.807) is 0 Å². The first-order chi connectivity index (χ1) is 9.84. The molecular formula is C12H22N2O6S2. The molecule has 0 aliphatic carbocycles. The Labute approximate surface area is 131 Å². The molecule has 0 amide bonds. The number of anilines is 1. The largest absolute Gasteiger partial charge is 0.394 e. The van der Waals surface area contributed by atoms with Crippen LogP contribution in [0.2, 0.25) is 0 Å². The van der Waals surface area contributed by atoms with Crippen LogP contribution in [-0.4, -0.2) is 50.7 Å². The normalized spacial score (nSPS) is 13.0. The third-order valence-corrected chi connectivity index (χ3v) is 3.95. The molecule has 0 radical (unpaired) electrons. The Bertz CT molecular complexity index is 665. The van der Waals surface area contributed by atoms with Crippen LogP contribution in [0.4, 0.5) is 5.69 Å². The van der Waals surface area contributed by atoms with Gasteiger partial charge in [0.05, 0.1) is 0 Å². The minimum Gasteiger partial charge on any atom is -0.369 e. The van der Waals surface area contributed by atoms with Crippen molar-refractivity contribution in [3.63, 3.8) is 0 Å². The summed E-state index contributed by atoms with van der Waals surface area (Å²) in [5.74, 6) is 0. The summed E-state index contributed by atoms with van der Waals surface area (Å²) in [6.07, 6.45) is 1.17. The molecule has 0 aliphatic heterocycles. The van der Waals surface area contributed by atoms with Gasteiger partial charge in [-0.2, -0.15) is 8.42 Å². The Hall–Kier alpha value is -1.20. The third-order valence-electron chi connectivity index (χ3n) is 2.70. The van der Waals surface area contributed by atoms with Gasteiger partial charge in [0, 0.05) is 25.0 Å². The summed E-state index contributed by atoms with van der Waals surface area (Å²) in [5, 5.41) is -0.844. The molecule has 0 aliphatic rings. The van der Waals surface area contributed by atoms with E-state index < -0.39 is 25.6 Å². The molecule has 0 aromatic heterocycles. The lowest BCUT2D eigenvalue weighted by molar-refractivity contribution is 0.381. The molecule has 0 fully saturated rings. The number of aryl methyl sites for hydroxylation is 1. The molecule has 1 unspecified atom stereocenters. The zero-order chi connectivity index (χ0) is 17.6. The molecular weight excluding hydrogens is 332 g/mol. The van der Waals surface area contributed by atoms with Gasteiger partial charge in [-0.1, -0.05) is 12.1 Å². The maximum absolute atomic E-state index is 11.3. The lowest BCUT2D eigenvalue weighted by Crippen LogP contribution is -2.42. The van der Waals surface area contributed by atoms with E-state index in [0.29, 0.717) is 6.54 Å². The van der Waals surface area contributed by atoms with Crippen LogP contribution in [0.3, 0.4) is 0 Å². The highest BCUT2D eigenvalue weighted by Crippen LogP contribution is 2.16. The second-order valence-electron chi connectivity index (χ2n) is 4.69. The summed E-state index contributed by atoms with van der Waals surface area (Å²) < 4.78 is 54.2. The number of nitrogens with two attached hydrogens (primary N) is 1. The summed E-state index contributed by atoms with van der Waals surface area (Å²) in [6, 6.07) is 7.96. The van der Waals surface area contributed by atoms with E-state index in [4.69, 9.17) is 23.3 Å². The first-order valence-corrected chi connectivity index (χ1v) is 9.65. The summed E-state index contributed by atoms with van der Waals surface area (Å²) in [6.45, 7) is 5.04. The van der Waals surface area contributed by atoms with Crippen molar-refractivity contribution in [2.45, 2.75) is 19.2 Å². The Kier molecular flexibility index (Phi) is 7.98. The van der Waals surface area contributed by atoms with Crippen LogP contribution in [-0.2, 0) is 20.2 Å². The van der Waals surface area contributed by atoms with Gasteiger partial charge in [0.2, 0.25) is 0 Å². The molecule has 8 nitrogen and oxygen atoms in total. The molecule has 4 N–H and O–H groups in total. The van der Waals surface area contributed by atoms with Gasteiger partial charge in [-0.05, 0) is 31.5 Å². The Morgan fingerprint density at radius 2 is 1.73 bits per heavy atom. The lowest BCUT2D eigenvalue weighted by Gasteiger charge is -2.26. The van der Waals surface area contributed by atoms with Gasteiger partial charge >= 0.3 is 10.4 Å². The van der Waals surface area contributed by atoms with E-state index in [1.807, 2.05) is 43.0 Å². The molecule has 0 bridgehead atoms. The van der Waals surface area contributed by atoms with Crippen molar-refractivity contribution < 1.29 is 25.9 Å². The average Bonchev–Trinajstić information content (AvgIpc) is 2.32. The SMILES string of the molecule is CCN(CC(N)S(C)(=O)=O)c1cccc(C)c1.O=S(=O)(O)O. The third kappa shape index (κ3) is 9.68. The van der Waals surface area contributed by atoms with Crippen LogP contribution < -0.4 is 10.6 Å². The monoisotopic (exact) mass is 354 g/mol. The van der Waals surface area contributed by atoms with Crippen LogP contribution in [0.25, 0.3) is 0 Å². The summed E-state index contributed by atoms with van der Waals surface area (Å²) >= 11 is 0. The predicted octanol–water partition coefficient (Wildman–Crippen LogP) is 0.498. The minimum atomic E-state index is -4.67. The molecule has 128 valence electrons. The predicted molar refractivity (Wildman–Crippen MR) is 86.1 cm³/mol. The van der Waals surface area contributed by atoms with Crippen molar-refractivity contribution in [3.8, 4) is 0 Å². The van der Waals surface area contributed by atoms with Crippen molar-refractivity contribution in [3.05, 3.63) is 29.8 Å². The Morgan fingerprint density at radius 1 is 1.23 bits per heavy atom. The maximum atomic E-state index is 11.3. The van der Waals surface area contributed by atoms with Crippen LogP contribution in [0.1, 0.15) is 12.5 Å². The van der Waals surface area contributed by atoms with Crippen molar-refractivity contribution in [1.29, 1.82) is 0 Å². The number of sulfone groups is 1. The number of nitrogens with zero attached hydrogens (tertiary/aromatic N) is 1. The highest BCUT2D eigenvalue weighted by Gasteiger charge is 2.18. The number of hydrogen-bond acceptors (Lipinski definition) is 6. The molecule has 1 atom stereocenters. The maximum Gasteiger partial charge on any atom is 0.394 e. The topological polar surface area (TPSA) is 138 Å². The van der Waals surface area contributed by atoms with Gasteiger partial charge in [-0.15, -0.1) is 0 Å². The van der Waals surface area contributed by atoms with Gasteiger partial charge in [0.1, 0.15) is 5.37 Å². The Morgan fingerprint density at radius 3 is 2.09 bits per heavy atom. The van der Waals surface area contributed by atoms with Gasteiger partial charge in [-0.3, -0.25) is 9.11 Å². The molecule has 0 heterocycles. The van der Waals surface area contributed by atoms with E-state index in [0.717, 1.165) is 17.8 Å². The highest BCUT2D eigenvalue weighted by atomic mass is 32.3. The van der Waals surface area contributed by atoms with E-state index >= 15 is 0 Å².